The van der Waals surface area contributed by atoms with Crippen LogP contribution in [0, 0.1) is 0 Å². The fraction of sp³-hybridized carbons (Fsp3) is 0.533. The van der Waals surface area contributed by atoms with Gasteiger partial charge >= 0.3 is 5.97 Å². The number of hydrogen-bond donors (Lipinski definition) is 2. The van der Waals surface area contributed by atoms with Crippen molar-refractivity contribution in [2.24, 2.45) is 0 Å². The van der Waals surface area contributed by atoms with Crippen LogP contribution >= 0.6 is 11.6 Å². The number of halogens is 1. The molecule has 2 rings (SSSR count). The zero-order valence-corrected chi connectivity index (χ0v) is 13.1. The van der Waals surface area contributed by atoms with E-state index in [0.717, 1.165) is 13.1 Å². The average Bonchev–Trinajstić information content (AvgIpc) is 2.42. The van der Waals surface area contributed by atoms with Gasteiger partial charge in [0.05, 0.1) is 11.1 Å². The highest BCUT2D eigenvalue weighted by atomic mass is 35.5. The summed E-state index contributed by atoms with van der Waals surface area (Å²) in [5.41, 5.74) is 0.686. The molecule has 0 amide bonds. The van der Waals surface area contributed by atoms with Crippen molar-refractivity contribution in [3.8, 4) is 5.75 Å². The highest BCUT2D eigenvalue weighted by Gasteiger charge is 2.28. The van der Waals surface area contributed by atoms with Crippen LogP contribution < -0.4 is 10.1 Å². The molecule has 0 saturated carbocycles. The fourth-order valence-electron chi connectivity index (χ4n) is 2.49. The molecule has 1 aliphatic rings. The van der Waals surface area contributed by atoms with Crippen molar-refractivity contribution in [2.75, 3.05) is 26.2 Å². The largest absolute Gasteiger partial charge is 0.489 e. The molecular weight excluding hydrogens is 292 g/mol. The summed E-state index contributed by atoms with van der Waals surface area (Å²) in [4.78, 5) is 13.6. The van der Waals surface area contributed by atoms with E-state index < -0.39 is 12.0 Å². The molecule has 0 aliphatic carbocycles. The number of nitrogens with zero attached hydrogens (tertiary/aromatic N) is 1. The highest BCUT2D eigenvalue weighted by Crippen LogP contribution is 2.31. The van der Waals surface area contributed by atoms with E-state index in [1.807, 2.05) is 18.7 Å². The van der Waals surface area contributed by atoms with Crippen LogP contribution in [0.25, 0.3) is 0 Å². The van der Waals surface area contributed by atoms with Gasteiger partial charge in [-0.3, -0.25) is 9.69 Å². The Hall–Kier alpha value is -1.30. The van der Waals surface area contributed by atoms with E-state index in [0.29, 0.717) is 29.4 Å². The minimum atomic E-state index is -0.856. The quantitative estimate of drug-likeness (QED) is 0.872. The second-order valence-electron chi connectivity index (χ2n) is 5.38. The Bertz CT molecular complexity index is 502. The van der Waals surface area contributed by atoms with Crippen LogP contribution in [0.5, 0.6) is 5.75 Å². The Morgan fingerprint density at radius 3 is 2.57 bits per heavy atom. The Labute approximate surface area is 129 Å². The van der Waals surface area contributed by atoms with E-state index >= 15 is 0 Å². The molecular formula is C15H21ClN2O3. The molecule has 1 saturated heterocycles. The van der Waals surface area contributed by atoms with Gasteiger partial charge in [0.2, 0.25) is 0 Å². The first kappa shape index (κ1) is 16.1. The normalized spacial score (nSPS) is 17.7. The summed E-state index contributed by atoms with van der Waals surface area (Å²) in [7, 11) is 0. The third-order valence-electron chi connectivity index (χ3n) is 3.38. The van der Waals surface area contributed by atoms with Crippen molar-refractivity contribution in [3.05, 3.63) is 28.8 Å². The van der Waals surface area contributed by atoms with Gasteiger partial charge in [-0.2, -0.15) is 0 Å². The molecule has 0 aromatic heterocycles. The van der Waals surface area contributed by atoms with Gasteiger partial charge in [-0.15, -0.1) is 0 Å². The number of carboxylic acid groups (broad SMARTS) is 1. The van der Waals surface area contributed by atoms with Crippen molar-refractivity contribution in [2.45, 2.75) is 26.0 Å². The standard InChI is InChI=1S/C15H21ClN2O3/c1-10(2)21-13-4-3-11(9-12(13)16)14(15(19)20)18-7-5-17-6-8-18/h3-4,9-10,14,17H,5-8H2,1-2H3,(H,19,20). The molecule has 1 aliphatic heterocycles. The smallest absolute Gasteiger partial charge is 0.325 e. The lowest BCUT2D eigenvalue weighted by Gasteiger charge is -2.32. The SMILES string of the molecule is CC(C)Oc1ccc(C(C(=O)O)N2CCNCC2)cc1Cl. The molecule has 0 spiro atoms. The zero-order chi connectivity index (χ0) is 15.4. The van der Waals surface area contributed by atoms with E-state index in [4.69, 9.17) is 16.3 Å². The average molecular weight is 313 g/mol. The maximum atomic E-state index is 11.6. The van der Waals surface area contributed by atoms with E-state index in [2.05, 4.69) is 5.32 Å². The van der Waals surface area contributed by atoms with E-state index in [9.17, 15) is 9.90 Å². The molecule has 0 radical (unpaired) electrons. The molecule has 0 bridgehead atoms. The van der Waals surface area contributed by atoms with Gasteiger partial charge in [0, 0.05) is 26.2 Å². The lowest BCUT2D eigenvalue weighted by Crippen LogP contribution is -2.47. The van der Waals surface area contributed by atoms with E-state index in [1.165, 1.54) is 0 Å². The third kappa shape index (κ3) is 4.09. The molecule has 2 N–H and O–H groups in total. The van der Waals surface area contributed by atoms with Gasteiger partial charge in [-0.05, 0) is 31.5 Å². The van der Waals surface area contributed by atoms with Gasteiger partial charge in [0.25, 0.3) is 0 Å². The highest BCUT2D eigenvalue weighted by molar-refractivity contribution is 6.32. The summed E-state index contributed by atoms with van der Waals surface area (Å²) < 4.78 is 5.58. The van der Waals surface area contributed by atoms with Crippen LogP contribution in [0.3, 0.4) is 0 Å². The lowest BCUT2D eigenvalue weighted by molar-refractivity contribution is -0.143. The van der Waals surface area contributed by atoms with Crippen LogP contribution in [0.1, 0.15) is 25.5 Å². The number of benzene rings is 1. The topological polar surface area (TPSA) is 61.8 Å². The summed E-state index contributed by atoms with van der Waals surface area (Å²) in [5, 5.41) is 13.2. The minimum Gasteiger partial charge on any atom is -0.489 e. The molecule has 1 unspecified atom stereocenters. The minimum absolute atomic E-state index is 0.0248. The van der Waals surface area contributed by atoms with E-state index in [1.54, 1.807) is 18.2 Å². The summed E-state index contributed by atoms with van der Waals surface area (Å²) in [5.74, 6) is -0.273. The van der Waals surface area contributed by atoms with Crippen LogP contribution in [0.4, 0.5) is 0 Å². The van der Waals surface area contributed by atoms with Crippen LogP contribution in [-0.4, -0.2) is 48.3 Å². The van der Waals surface area contributed by atoms with Gasteiger partial charge in [-0.25, -0.2) is 0 Å². The van der Waals surface area contributed by atoms with Crippen LogP contribution in [0.2, 0.25) is 5.02 Å². The van der Waals surface area contributed by atoms with Crippen LogP contribution in [0.15, 0.2) is 18.2 Å². The van der Waals surface area contributed by atoms with E-state index in [-0.39, 0.29) is 6.10 Å². The molecule has 21 heavy (non-hydrogen) atoms. The number of rotatable bonds is 5. The predicted molar refractivity (Wildman–Crippen MR) is 82.0 cm³/mol. The first-order valence-electron chi connectivity index (χ1n) is 7.12. The first-order valence-corrected chi connectivity index (χ1v) is 7.50. The van der Waals surface area contributed by atoms with Crippen molar-refractivity contribution >= 4 is 17.6 Å². The Morgan fingerprint density at radius 2 is 2.05 bits per heavy atom. The number of hydrogen-bond acceptors (Lipinski definition) is 4. The molecule has 116 valence electrons. The molecule has 1 atom stereocenters. The molecule has 1 aromatic carbocycles. The predicted octanol–water partition coefficient (Wildman–Crippen LogP) is 2.16. The third-order valence-corrected chi connectivity index (χ3v) is 3.68. The lowest BCUT2D eigenvalue weighted by atomic mass is 10.0. The number of carboxylic acids is 1. The number of piperazine rings is 1. The Morgan fingerprint density at radius 1 is 1.38 bits per heavy atom. The fourth-order valence-corrected chi connectivity index (χ4v) is 2.72. The van der Waals surface area contributed by atoms with Crippen molar-refractivity contribution < 1.29 is 14.6 Å². The number of ether oxygens (including phenoxy) is 1. The van der Waals surface area contributed by atoms with Crippen LogP contribution in [-0.2, 0) is 4.79 Å². The summed E-state index contributed by atoms with van der Waals surface area (Å²) in [6, 6.07) is 4.55. The number of carbonyl (C=O) groups is 1. The summed E-state index contributed by atoms with van der Waals surface area (Å²) in [6.45, 7) is 6.85. The molecule has 6 heteroatoms. The molecule has 5 nitrogen and oxygen atoms in total. The molecule has 1 heterocycles. The maximum absolute atomic E-state index is 11.6. The number of nitrogens with one attached hydrogen (secondary N) is 1. The molecule has 1 aromatic rings. The van der Waals surface area contributed by atoms with Crippen molar-refractivity contribution in [1.82, 2.24) is 10.2 Å². The molecule has 1 fully saturated rings. The maximum Gasteiger partial charge on any atom is 0.325 e. The van der Waals surface area contributed by atoms with Gasteiger partial charge in [-0.1, -0.05) is 17.7 Å². The first-order chi connectivity index (χ1) is 9.99. The van der Waals surface area contributed by atoms with Crippen molar-refractivity contribution in [3.63, 3.8) is 0 Å². The monoisotopic (exact) mass is 312 g/mol. The van der Waals surface area contributed by atoms with Gasteiger partial charge < -0.3 is 15.2 Å². The summed E-state index contributed by atoms with van der Waals surface area (Å²) >= 11 is 6.21. The van der Waals surface area contributed by atoms with Gasteiger partial charge in [0.1, 0.15) is 11.8 Å². The zero-order valence-electron chi connectivity index (χ0n) is 12.3. The second kappa shape index (κ2) is 7.11. The Balaban J connectivity index is 2.24. The second-order valence-corrected chi connectivity index (χ2v) is 5.79. The number of aliphatic carboxylic acids is 1. The van der Waals surface area contributed by atoms with Crippen molar-refractivity contribution in [1.29, 1.82) is 0 Å². The van der Waals surface area contributed by atoms with Gasteiger partial charge in [0.15, 0.2) is 0 Å². The Kier molecular flexibility index (Phi) is 5.45. The summed E-state index contributed by atoms with van der Waals surface area (Å²) in [6.07, 6.45) is 0.0248.